The second-order valence-corrected chi connectivity index (χ2v) is 13.6. The molecule has 1 aromatic carbocycles. The molecule has 3 aromatic rings. The van der Waals surface area contributed by atoms with Crippen molar-refractivity contribution < 1.29 is 37.4 Å². The van der Waals surface area contributed by atoms with Gasteiger partial charge in [-0.15, -0.1) is 6.42 Å². The maximum atomic E-state index is 14.1. The monoisotopic (exact) mass is 688 g/mol. The van der Waals surface area contributed by atoms with E-state index in [1.807, 2.05) is 0 Å². The molecule has 48 heavy (non-hydrogen) atoms. The molecule has 0 spiro atoms. The van der Waals surface area contributed by atoms with Gasteiger partial charge in [-0.2, -0.15) is 19.4 Å². The molecule has 0 saturated carbocycles. The normalized spacial score (nSPS) is 21.1. The minimum absolute atomic E-state index is 0.0378. The molecule has 0 amide bonds. The van der Waals surface area contributed by atoms with E-state index in [0.717, 1.165) is 25.7 Å². The molecule has 4 N–H and O–H groups in total. The third-order valence-electron chi connectivity index (χ3n) is 8.15. The number of aromatic nitrogens is 4. The SMILES string of the molecule is C#C[C@]1(CO[P@](=O)(N[C@@H](C)C(=O)OCCCCCCCCCCCC)Oc2ccccc2)O[C@@H](n2cnc3c(N)nc(F)nc32)C[C@@H]1O. The molecule has 5 atom stereocenters. The van der Waals surface area contributed by atoms with Crippen LogP contribution in [0.25, 0.3) is 11.2 Å². The second-order valence-electron chi connectivity index (χ2n) is 11.9. The molecule has 15 heteroatoms. The molecular formula is C33H46FN6O7P. The topological polar surface area (TPSA) is 173 Å². The smallest absolute Gasteiger partial charge is 0.459 e. The van der Waals surface area contributed by atoms with E-state index in [-0.39, 0.29) is 35.8 Å². The first-order valence-corrected chi connectivity index (χ1v) is 18.1. The van der Waals surface area contributed by atoms with Crippen LogP contribution in [-0.2, 0) is 23.4 Å². The van der Waals surface area contributed by atoms with Gasteiger partial charge in [-0.1, -0.05) is 88.8 Å². The molecular weight excluding hydrogens is 642 g/mol. The number of aliphatic hydroxyl groups excluding tert-OH is 1. The van der Waals surface area contributed by atoms with E-state index in [1.54, 1.807) is 30.3 Å². The number of nitrogen functional groups attached to an aromatic ring is 1. The molecule has 13 nitrogen and oxygen atoms in total. The quantitative estimate of drug-likeness (QED) is 0.0426. The lowest BCUT2D eigenvalue weighted by Gasteiger charge is -2.29. The summed E-state index contributed by atoms with van der Waals surface area (Å²) in [5.41, 5.74) is 4.14. The van der Waals surface area contributed by atoms with E-state index in [4.69, 9.17) is 30.7 Å². The highest BCUT2D eigenvalue weighted by Crippen LogP contribution is 2.48. The Morgan fingerprint density at radius 2 is 1.85 bits per heavy atom. The van der Waals surface area contributed by atoms with E-state index in [0.29, 0.717) is 0 Å². The number of para-hydroxylation sites is 1. The fraction of sp³-hybridized carbons (Fsp3) is 0.576. The number of nitrogens with one attached hydrogen (secondary N) is 1. The number of hydrogen-bond donors (Lipinski definition) is 3. The van der Waals surface area contributed by atoms with Crippen molar-refractivity contribution in [3.8, 4) is 18.1 Å². The van der Waals surface area contributed by atoms with Crippen molar-refractivity contribution in [1.82, 2.24) is 24.6 Å². The molecule has 0 unspecified atom stereocenters. The Morgan fingerprint density at radius 3 is 2.52 bits per heavy atom. The Balaban J connectivity index is 1.35. The minimum Gasteiger partial charge on any atom is -0.465 e. The van der Waals surface area contributed by atoms with Gasteiger partial charge in [-0.05, 0) is 25.5 Å². The lowest BCUT2D eigenvalue weighted by Crippen LogP contribution is -2.43. The number of aliphatic hydroxyl groups is 1. The highest BCUT2D eigenvalue weighted by atomic mass is 31.2. The minimum atomic E-state index is -4.33. The van der Waals surface area contributed by atoms with Gasteiger partial charge < -0.3 is 24.8 Å². The first-order chi connectivity index (χ1) is 23.1. The third kappa shape index (κ3) is 9.96. The van der Waals surface area contributed by atoms with Crippen molar-refractivity contribution in [3.05, 3.63) is 42.7 Å². The van der Waals surface area contributed by atoms with Gasteiger partial charge in [0.1, 0.15) is 30.7 Å². The maximum Gasteiger partial charge on any atom is 0.459 e. The van der Waals surface area contributed by atoms with Crippen LogP contribution < -0.4 is 15.3 Å². The summed E-state index contributed by atoms with van der Waals surface area (Å²) >= 11 is 0. The number of halogens is 1. The number of esters is 1. The number of unbranched alkanes of at least 4 members (excludes halogenated alkanes) is 9. The van der Waals surface area contributed by atoms with Gasteiger partial charge in [0.25, 0.3) is 0 Å². The lowest BCUT2D eigenvalue weighted by atomic mass is 9.99. The van der Waals surface area contributed by atoms with Gasteiger partial charge in [0, 0.05) is 6.42 Å². The number of hydrogen-bond acceptors (Lipinski definition) is 11. The Bertz CT molecular complexity index is 1570. The van der Waals surface area contributed by atoms with Crippen LogP contribution in [0.3, 0.4) is 0 Å². The summed E-state index contributed by atoms with van der Waals surface area (Å²) in [5.74, 6) is 1.81. The summed E-state index contributed by atoms with van der Waals surface area (Å²) in [6.45, 7) is 3.33. The number of benzene rings is 1. The Morgan fingerprint density at radius 1 is 1.19 bits per heavy atom. The van der Waals surface area contributed by atoms with Crippen molar-refractivity contribution in [2.45, 2.75) is 108 Å². The van der Waals surface area contributed by atoms with Crippen LogP contribution in [0.2, 0.25) is 0 Å². The number of carbonyl (C=O) groups is 1. The lowest BCUT2D eigenvalue weighted by molar-refractivity contribution is -0.145. The average Bonchev–Trinajstić information content (AvgIpc) is 3.64. The van der Waals surface area contributed by atoms with Crippen molar-refractivity contribution in [1.29, 1.82) is 0 Å². The molecule has 1 fully saturated rings. The van der Waals surface area contributed by atoms with Gasteiger partial charge in [0.05, 0.1) is 12.9 Å². The first kappa shape index (κ1) is 37.2. The standard InChI is InChI=1S/C33H46FN6O7P/c1-4-6-7-8-9-10-11-12-13-17-20-44-31(42)24(3)39-48(43,47-25-18-15-14-16-19-25)45-22-33(5-2)26(41)21-27(46-33)40-23-36-28-29(35)37-32(34)38-30(28)40/h2,14-16,18-19,23-24,26-27,41H,4,6-13,17,20-22H2,1,3H3,(H,39,43)(H2,35,37,38)/t24-,26-,27+,33+,48+/m0/s1. The molecule has 2 aromatic heterocycles. The van der Waals surface area contributed by atoms with Crippen molar-refractivity contribution in [2.24, 2.45) is 0 Å². The number of fused-ring (bicyclic) bond motifs is 1. The summed E-state index contributed by atoms with van der Waals surface area (Å²) in [7, 11) is -4.33. The van der Waals surface area contributed by atoms with Crippen molar-refractivity contribution in [2.75, 3.05) is 18.9 Å². The number of rotatable bonds is 20. The van der Waals surface area contributed by atoms with Gasteiger partial charge in [0.2, 0.25) is 0 Å². The molecule has 3 heterocycles. The van der Waals surface area contributed by atoms with Crippen LogP contribution in [0.5, 0.6) is 5.75 Å². The van der Waals surface area contributed by atoms with Crippen molar-refractivity contribution in [3.63, 3.8) is 0 Å². The number of nitrogens with zero attached hydrogens (tertiary/aromatic N) is 4. The molecule has 0 radical (unpaired) electrons. The van der Waals surface area contributed by atoms with E-state index in [1.165, 1.54) is 56.3 Å². The number of nitrogens with two attached hydrogens (primary N) is 1. The van der Waals surface area contributed by atoms with Gasteiger partial charge in [-0.25, -0.2) is 9.55 Å². The maximum absolute atomic E-state index is 14.1. The second kappa shape index (κ2) is 17.7. The molecule has 262 valence electrons. The Hall–Kier alpha value is -3.60. The van der Waals surface area contributed by atoms with Gasteiger partial charge >= 0.3 is 19.8 Å². The number of anilines is 1. The van der Waals surface area contributed by atoms with Crippen LogP contribution in [0.1, 0.15) is 90.7 Å². The molecule has 1 aliphatic rings. The Kier molecular flexibility index (Phi) is 13.7. The highest BCUT2D eigenvalue weighted by molar-refractivity contribution is 7.52. The summed E-state index contributed by atoms with van der Waals surface area (Å²) in [6, 6.07) is 7.16. The van der Waals surface area contributed by atoms with Crippen molar-refractivity contribution >= 4 is 30.7 Å². The van der Waals surface area contributed by atoms with E-state index in [2.05, 4.69) is 32.9 Å². The zero-order valence-electron chi connectivity index (χ0n) is 27.6. The molecule has 4 rings (SSSR count). The third-order valence-corrected chi connectivity index (χ3v) is 9.77. The fourth-order valence-electron chi connectivity index (χ4n) is 5.41. The van der Waals surface area contributed by atoms with Crippen LogP contribution in [0.15, 0.2) is 36.7 Å². The predicted octanol–water partition coefficient (Wildman–Crippen LogP) is 5.85. The summed E-state index contributed by atoms with van der Waals surface area (Å²) in [4.78, 5) is 24.2. The van der Waals surface area contributed by atoms with Crippen LogP contribution in [0.4, 0.5) is 10.2 Å². The number of imidazole rings is 1. The van der Waals surface area contributed by atoms with Crippen LogP contribution in [-0.4, -0.2) is 61.6 Å². The molecule has 1 saturated heterocycles. The molecule has 1 aliphatic heterocycles. The predicted molar refractivity (Wildman–Crippen MR) is 178 cm³/mol. The zero-order valence-corrected chi connectivity index (χ0v) is 28.4. The van der Waals surface area contributed by atoms with E-state index in [9.17, 15) is 18.9 Å². The van der Waals surface area contributed by atoms with E-state index < -0.39 is 50.4 Å². The highest BCUT2D eigenvalue weighted by Gasteiger charge is 2.50. The fourth-order valence-corrected chi connectivity index (χ4v) is 6.93. The first-order valence-electron chi connectivity index (χ1n) is 16.5. The number of ether oxygens (including phenoxy) is 2. The summed E-state index contributed by atoms with van der Waals surface area (Å²) in [5, 5.41) is 13.7. The zero-order chi connectivity index (χ0) is 34.6. The van der Waals surface area contributed by atoms with Gasteiger partial charge in [-0.3, -0.25) is 13.9 Å². The van der Waals surface area contributed by atoms with Gasteiger partial charge in [0.15, 0.2) is 22.6 Å². The number of terminal acetylenes is 1. The van der Waals surface area contributed by atoms with Crippen LogP contribution in [0, 0.1) is 18.4 Å². The summed E-state index contributed by atoms with van der Waals surface area (Å²) < 4.78 is 52.4. The molecule has 0 aliphatic carbocycles. The summed E-state index contributed by atoms with van der Waals surface area (Å²) in [6.07, 6.45) is 15.2. The molecule has 0 bridgehead atoms. The Labute approximate surface area is 280 Å². The number of carbonyl (C=O) groups excluding carboxylic acids is 1. The van der Waals surface area contributed by atoms with Crippen LogP contribution >= 0.6 is 7.75 Å². The largest absolute Gasteiger partial charge is 0.465 e. The average molecular weight is 689 g/mol. The van der Waals surface area contributed by atoms with E-state index >= 15 is 0 Å².